The van der Waals surface area contributed by atoms with Crippen LogP contribution in [0.15, 0.2) is 24.3 Å². The lowest BCUT2D eigenvalue weighted by molar-refractivity contribution is -1.03. The minimum absolute atomic E-state index is 0.0660. The second-order valence-electron chi connectivity index (χ2n) is 6.93. The fraction of sp³-hybridized carbons (Fsp3) is 0.526. The molecule has 1 aromatic rings. The summed E-state index contributed by atoms with van der Waals surface area (Å²) >= 11 is 2.16. The number of benzene rings is 1. The van der Waals surface area contributed by atoms with Crippen molar-refractivity contribution in [1.82, 2.24) is 0 Å². The molecule has 0 spiro atoms. The Morgan fingerprint density at radius 2 is 1.70 bits per heavy atom. The van der Waals surface area contributed by atoms with Crippen molar-refractivity contribution in [3.05, 3.63) is 33.4 Å². The smallest absolute Gasteiger partial charge is 0.460 e. The van der Waals surface area contributed by atoms with Crippen molar-refractivity contribution < 1.29 is 33.3 Å². The lowest BCUT2D eigenvalue weighted by Gasteiger charge is -2.31. The van der Waals surface area contributed by atoms with Crippen molar-refractivity contribution in [2.24, 2.45) is 0 Å². The van der Waals surface area contributed by atoms with Crippen molar-refractivity contribution in [3.8, 4) is 0 Å². The maximum Gasteiger partial charge on any atom is 0.559 e. The van der Waals surface area contributed by atoms with Gasteiger partial charge in [-0.15, -0.1) is 0 Å². The van der Waals surface area contributed by atoms with Gasteiger partial charge in [-0.05, 0) is 79.6 Å². The van der Waals surface area contributed by atoms with E-state index in [1.165, 1.54) is 0 Å². The molecule has 0 bridgehead atoms. The molecule has 1 rings (SSSR count). The Kier molecular flexibility index (Phi) is 8.67. The molecule has 0 heterocycles. The Balaban J connectivity index is 2.65. The predicted octanol–water partition coefficient (Wildman–Crippen LogP) is 3.97. The first-order chi connectivity index (χ1) is 12.5. The number of esters is 1. The molecule has 0 saturated carbocycles. The van der Waals surface area contributed by atoms with Crippen molar-refractivity contribution in [2.45, 2.75) is 53.2 Å². The molecule has 0 unspecified atom stereocenters. The van der Waals surface area contributed by atoms with Crippen LogP contribution < -0.4 is 0 Å². The zero-order chi connectivity index (χ0) is 20.7. The molecule has 27 heavy (non-hydrogen) atoms. The number of amides is 1. The van der Waals surface area contributed by atoms with E-state index < -0.39 is 34.7 Å². The monoisotopic (exact) mass is 492 g/mol. The first kappa shape index (κ1) is 23.4. The zero-order valence-corrected chi connectivity index (χ0v) is 18.6. The summed E-state index contributed by atoms with van der Waals surface area (Å²) in [4.78, 5) is 41.9. The van der Waals surface area contributed by atoms with E-state index >= 15 is 0 Å². The zero-order valence-electron chi connectivity index (χ0n) is 16.4. The van der Waals surface area contributed by atoms with E-state index in [2.05, 4.69) is 22.6 Å². The van der Waals surface area contributed by atoms with Crippen LogP contribution in [0.2, 0.25) is 0 Å². The van der Waals surface area contributed by atoms with Gasteiger partial charge in [-0.2, -0.15) is 4.79 Å². The number of nitrogens with zero attached hydrogens (tertiary/aromatic N) is 1. The maximum absolute atomic E-state index is 12.5. The number of hydrogen-bond acceptors (Lipinski definition) is 6. The van der Waals surface area contributed by atoms with Crippen molar-refractivity contribution in [1.29, 1.82) is 0 Å². The van der Waals surface area contributed by atoms with Crippen LogP contribution in [0, 0.1) is 3.57 Å². The molecule has 0 fully saturated rings. The van der Waals surface area contributed by atoms with Crippen LogP contribution in [0.1, 0.15) is 46.6 Å². The molecule has 1 aromatic carbocycles. The molecule has 0 aliphatic heterocycles. The average Bonchev–Trinajstić information content (AvgIpc) is 2.56. The number of carbonyl (C=O) groups excluding carboxylic acids is 3. The van der Waals surface area contributed by atoms with Crippen LogP contribution in [-0.2, 0) is 30.5 Å². The van der Waals surface area contributed by atoms with E-state index in [4.69, 9.17) is 14.3 Å². The van der Waals surface area contributed by atoms with Gasteiger partial charge in [0.05, 0.1) is 0 Å². The highest BCUT2D eigenvalue weighted by Gasteiger charge is 2.43. The largest absolute Gasteiger partial charge is 0.559 e. The van der Waals surface area contributed by atoms with Gasteiger partial charge < -0.3 is 9.47 Å². The van der Waals surface area contributed by atoms with E-state index in [0.29, 0.717) is 0 Å². The molecule has 8 heteroatoms. The number of ether oxygens (including phenoxy) is 2. The molecule has 0 aromatic heterocycles. The SMILES string of the molecule is CC[N+](CC)(OC(=O)CC(=O)OCc1cccc(I)c1)C(=O)OC(C)(C)C. The van der Waals surface area contributed by atoms with Crippen LogP contribution in [0.3, 0.4) is 0 Å². The Hall–Kier alpha value is -1.68. The highest BCUT2D eigenvalue weighted by Crippen LogP contribution is 2.18. The molecule has 1 amide bonds. The summed E-state index contributed by atoms with van der Waals surface area (Å²) in [7, 11) is 0. The average molecular weight is 492 g/mol. The number of quaternary nitrogens is 1. The second kappa shape index (κ2) is 10.0. The summed E-state index contributed by atoms with van der Waals surface area (Å²) in [5.74, 6) is -1.55. The molecule has 7 nitrogen and oxygen atoms in total. The molecular formula is C19H27INO6+. The molecule has 0 aliphatic carbocycles. The number of rotatable bonds is 6. The van der Waals surface area contributed by atoms with Crippen LogP contribution >= 0.6 is 22.6 Å². The predicted molar refractivity (Wildman–Crippen MR) is 107 cm³/mol. The Morgan fingerprint density at radius 3 is 2.22 bits per heavy atom. The molecular weight excluding hydrogens is 465 g/mol. The number of hydrogen-bond donors (Lipinski definition) is 0. The third-order valence-electron chi connectivity index (χ3n) is 3.60. The van der Waals surface area contributed by atoms with E-state index in [1.807, 2.05) is 24.3 Å². The van der Waals surface area contributed by atoms with Gasteiger partial charge in [0.1, 0.15) is 31.7 Å². The third-order valence-corrected chi connectivity index (χ3v) is 4.27. The molecule has 0 atom stereocenters. The van der Waals surface area contributed by atoms with Gasteiger partial charge in [0.15, 0.2) is 0 Å². The van der Waals surface area contributed by atoms with E-state index in [9.17, 15) is 14.4 Å². The van der Waals surface area contributed by atoms with Gasteiger partial charge in [0.2, 0.25) is 0 Å². The first-order valence-corrected chi connectivity index (χ1v) is 9.82. The summed E-state index contributed by atoms with van der Waals surface area (Å²) < 4.78 is 10.8. The fourth-order valence-electron chi connectivity index (χ4n) is 2.18. The summed E-state index contributed by atoms with van der Waals surface area (Å²) in [6.07, 6.45) is -1.25. The Bertz CT molecular complexity index is 679. The molecule has 0 radical (unpaired) electrons. The van der Waals surface area contributed by atoms with E-state index in [0.717, 1.165) is 9.13 Å². The van der Waals surface area contributed by atoms with Gasteiger partial charge in [-0.3, -0.25) is 9.63 Å². The molecule has 0 saturated heterocycles. The van der Waals surface area contributed by atoms with Crippen molar-refractivity contribution in [2.75, 3.05) is 13.1 Å². The first-order valence-electron chi connectivity index (χ1n) is 8.74. The van der Waals surface area contributed by atoms with Crippen molar-refractivity contribution in [3.63, 3.8) is 0 Å². The lowest BCUT2D eigenvalue weighted by Crippen LogP contribution is -2.55. The van der Waals surface area contributed by atoms with E-state index in [-0.39, 0.29) is 19.7 Å². The van der Waals surface area contributed by atoms with Gasteiger partial charge in [0, 0.05) is 3.57 Å². The Labute approximate surface area is 173 Å². The topological polar surface area (TPSA) is 78.9 Å². The Morgan fingerprint density at radius 1 is 1.07 bits per heavy atom. The molecule has 0 aliphatic rings. The molecule has 150 valence electrons. The fourth-order valence-corrected chi connectivity index (χ4v) is 2.79. The lowest BCUT2D eigenvalue weighted by atomic mass is 10.2. The van der Waals surface area contributed by atoms with Gasteiger partial charge in [-0.1, -0.05) is 12.1 Å². The quantitative estimate of drug-likeness (QED) is 0.197. The highest BCUT2D eigenvalue weighted by molar-refractivity contribution is 14.1. The normalized spacial score (nSPS) is 11.6. The minimum Gasteiger partial charge on any atom is -0.460 e. The minimum atomic E-state index is -0.836. The maximum atomic E-state index is 12.5. The van der Waals surface area contributed by atoms with Crippen LogP contribution in [0.25, 0.3) is 0 Å². The van der Waals surface area contributed by atoms with Gasteiger partial charge in [-0.25, -0.2) is 4.79 Å². The van der Waals surface area contributed by atoms with Crippen LogP contribution in [0.5, 0.6) is 0 Å². The van der Waals surface area contributed by atoms with Crippen LogP contribution in [0.4, 0.5) is 4.79 Å². The van der Waals surface area contributed by atoms with Crippen LogP contribution in [-0.4, -0.2) is 41.4 Å². The van der Waals surface area contributed by atoms with Gasteiger partial charge >= 0.3 is 18.0 Å². The van der Waals surface area contributed by atoms with Crippen molar-refractivity contribution >= 4 is 40.6 Å². The summed E-state index contributed by atoms with van der Waals surface area (Å²) in [5.41, 5.74) is 0.105. The number of hydroxylamine groups is 3. The standard InChI is InChI=1S/C19H27INO6/c1-6-21(7-2,18(24)26-19(3,4)5)27-17(23)12-16(22)25-13-14-9-8-10-15(20)11-14/h8-11H,6-7,12-13H2,1-5H3/q+1. The van der Waals surface area contributed by atoms with Gasteiger partial charge in [0.25, 0.3) is 0 Å². The summed E-state index contributed by atoms with van der Waals surface area (Å²) in [6, 6.07) is 7.48. The second-order valence-corrected chi connectivity index (χ2v) is 8.18. The summed E-state index contributed by atoms with van der Waals surface area (Å²) in [5, 5.41) is 0. The summed E-state index contributed by atoms with van der Waals surface area (Å²) in [6.45, 7) is 9.05. The number of halogens is 1. The highest BCUT2D eigenvalue weighted by atomic mass is 127. The number of carbonyl (C=O) groups is 3. The van der Waals surface area contributed by atoms with E-state index in [1.54, 1.807) is 34.6 Å². The molecule has 0 N–H and O–H groups in total. The third kappa shape index (κ3) is 7.84.